The molecule has 2 bridgehead atoms. The number of methoxy groups -OCH3 is 3. The fourth-order valence-corrected chi connectivity index (χ4v) is 4.44. The summed E-state index contributed by atoms with van der Waals surface area (Å²) >= 11 is 0. The predicted molar refractivity (Wildman–Crippen MR) is 104 cm³/mol. The Hall–Kier alpha value is -1.66. The minimum atomic E-state index is 0. The van der Waals surface area contributed by atoms with E-state index in [1.165, 1.54) is 6.42 Å². The van der Waals surface area contributed by atoms with Gasteiger partial charge in [0, 0.05) is 12.0 Å². The number of carbonyl (C=O) groups excluding carboxylic acids is 1. The molecule has 3 rings (SSSR count). The van der Waals surface area contributed by atoms with Gasteiger partial charge < -0.3 is 25.3 Å². The first-order valence-corrected chi connectivity index (χ1v) is 8.94. The normalized spacial score (nSPS) is 27.1. The first kappa shape index (κ1) is 20.6. The lowest BCUT2D eigenvalue weighted by molar-refractivity contribution is -0.122. The first-order chi connectivity index (χ1) is 12.1. The standard InChI is InChI=1S/C19H28N2O4.ClH/c1-23-15-8-7-14(17(24-2)18(15)25-3)21-19(22)13-9-11-5-4-6-12(10-13)16(11)20;/h7-8,11-13,16H,4-6,9-10,20H2,1-3H3,(H,21,22);1H. The van der Waals surface area contributed by atoms with Gasteiger partial charge in [-0.1, -0.05) is 6.42 Å². The average molecular weight is 385 g/mol. The van der Waals surface area contributed by atoms with E-state index in [1.807, 2.05) is 0 Å². The average Bonchev–Trinajstić information content (AvgIpc) is 2.60. The monoisotopic (exact) mass is 384 g/mol. The number of halogens is 1. The third-order valence-corrected chi connectivity index (χ3v) is 5.75. The summed E-state index contributed by atoms with van der Waals surface area (Å²) in [5, 5.41) is 3.02. The van der Waals surface area contributed by atoms with E-state index >= 15 is 0 Å². The van der Waals surface area contributed by atoms with Crippen LogP contribution in [0.3, 0.4) is 0 Å². The zero-order chi connectivity index (χ0) is 18.0. The molecule has 6 nitrogen and oxygen atoms in total. The Balaban J connectivity index is 0.00000243. The Labute approximate surface area is 161 Å². The van der Waals surface area contributed by atoms with Gasteiger partial charge in [-0.3, -0.25) is 4.79 Å². The predicted octanol–water partition coefficient (Wildman–Crippen LogP) is 3.23. The summed E-state index contributed by atoms with van der Waals surface area (Å²) < 4.78 is 16.1. The molecule has 0 spiro atoms. The lowest BCUT2D eigenvalue weighted by atomic mass is 9.65. The number of carbonyl (C=O) groups is 1. The van der Waals surface area contributed by atoms with Crippen molar-refractivity contribution >= 4 is 24.0 Å². The van der Waals surface area contributed by atoms with Crippen molar-refractivity contribution in [1.29, 1.82) is 0 Å². The molecule has 0 aliphatic heterocycles. The number of nitrogens with one attached hydrogen (secondary N) is 1. The maximum atomic E-state index is 12.8. The van der Waals surface area contributed by atoms with Crippen molar-refractivity contribution in [3.05, 3.63) is 12.1 Å². The maximum absolute atomic E-state index is 12.8. The molecule has 0 heterocycles. The molecule has 0 radical (unpaired) electrons. The first-order valence-electron chi connectivity index (χ1n) is 8.94. The topological polar surface area (TPSA) is 82.8 Å². The van der Waals surface area contributed by atoms with E-state index in [0.29, 0.717) is 34.8 Å². The highest BCUT2D eigenvalue weighted by molar-refractivity contribution is 5.95. The van der Waals surface area contributed by atoms with Gasteiger partial charge in [0.15, 0.2) is 11.5 Å². The molecule has 3 N–H and O–H groups in total. The molecule has 1 aromatic rings. The number of benzene rings is 1. The number of hydrogen-bond acceptors (Lipinski definition) is 5. The molecule has 2 atom stereocenters. The molecule has 1 amide bonds. The van der Waals surface area contributed by atoms with Gasteiger partial charge in [0.2, 0.25) is 11.7 Å². The van der Waals surface area contributed by atoms with Gasteiger partial charge in [0.25, 0.3) is 0 Å². The number of amides is 1. The molecule has 7 heteroatoms. The summed E-state index contributed by atoms with van der Waals surface area (Å²) in [6.45, 7) is 0. The summed E-state index contributed by atoms with van der Waals surface area (Å²) in [6, 6.07) is 3.81. The van der Waals surface area contributed by atoms with Crippen LogP contribution in [-0.4, -0.2) is 33.3 Å². The van der Waals surface area contributed by atoms with Crippen molar-refractivity contribution in [2.45, 2.75) is 38.1 Å². The highest BCUT2D eigenvalue weighted by Gasteiger charge is 2.40. The number of nitrogens with two attached hydrogens (primary N) is 1. The van der Waals surface area contributed by atoms with Crippen molar-refractivity contribution in [2.24, 2.45) is 23.5 Å². The molecular weight excluding hydrogens is 356 g/mol. The molecular formula is C19H29ClN2O4. The van der Waals surface area contributed by atoms with E-state index < -0.39 is 0 Å². The van der Waals surface area contributed by atoms with E-state index in [4.69, 9.17) is 19.9 Å². The van der Waals surface area contributed by atoms with Gasteiger partial charge in [-0.05, 0) is 49.7 Å². The van der Waals surface area contributed by atoms with Crippen LogP contribution in [0.5, 0.6) is 17.2 Å². The highest BCUT2D eigenvalue weighted by Crippen LogP contribution is 2.45. The molecule has 26 heavy (non-hydrogen) atoms. The Morgan fingerprint density at radius 2 is 1.65 bits per heavy atom. The zero-order valence-electron chi connectivity index (χ0n) is 15.6. The third kappa shape index (κ3) is 3.86. The molecule has 2 aliphatic carbocycles. The highest BCUT2D eigenvalue weighted by atomic mass is 35.5. The largest absolute Gasteiger partial charge is 0.493 e. The summed E-state index contributed by atoms with van der Waals surface area (Å²) in [6.07, 6.45) is 5.27. The van der Waals surface area contributed by atoms with E-state index in [9.17, 15) is 4.79 Å². The second kappa shape index (κ2) is 8.82. The van der Waals surface area contributed by atoms with Crippen molar-refractivity contribution in [3.8, 4) is 17.2 Å². The summed E-state index contributed by atoms with van der Waals surface area (Å²) in [4.78, 5) is 12.8. The van der Waals surface area contributed by atoms with E-state index in [1.54, 1.807) is 33.5 Å². The fraction of sp³-hybridized carbons (Fsp3) is 0.632. The Bertz CT molecular complexity index is 626. The molecule has 0 saturated heterocycles. The Kier molecular flexibility index (Phi) is 7.01. The van der Waals surface area contributed by atoms with Gasteiger partial charge in [-0.2, -0.15) is 0 Å². The van der Waals surface area contributed by atoms with Gasteiger partial charge in [0.1, 0.15) is 0 Å². The van der Waals surface area contributed by atoms with Gasteiger partial charge in [0.05, 0.1) is 27.0 Å². The molecule has 2 unspecified atom stereocenters. The minimum Gasteiger partial charge on any atom is -0.493 e. The SMILES string of the molecule is COc1ccc(NC(=O)C2CC3CCCC(C2)C3N)c(OC)c1OC.Cl. The number of ether oxygens (including phenoxy) is 3. The maximum Gasteiger partial charge on any atom is 0.227 e. The molecule has 146 valence electrons. The number of hydrogen-bond donors (Lipinski definition) is 2. The zero-order valence-corrected chi connectivity index (χ0v) is 16.4. The lowest BCUT2D eigenvalue weighted by Gasteiger charge is -2.43. The van der Waals surface area contributed by atoms with Crippen LogP contribution < -0.4 is 25.3 Å². The van der Waals surface area contributed by atoms with E-state index in [0.717, 1.165) is 25.7 Å². The number of fused-ring (bicyclic) bond motifs is 2. The van der Waals surface area contributed by atoms with Crippen LogP contribution in [0.15, 0.2) is 12.1 Å². The van der Waals surface area contributed by atoms with Crippen molar-refractivity contribution in [1.82, 2.24) is 0 Å². The van der Waals surface area contributed by atoms with Crippen molar-refractivity contribution < 1.29 is 19.0 Å². The van der Waals surface area contributed by atoms with Crippen LogP contribution >= 0.6 is 12.4 Å². The van der Waals surface area contributed by atoms with E-state index in [2.05, 4.69) is 5.32 Å². The molecule has 0 aromatic heterocycles. The lowest BCUT2D eigenvalue weighted by Crippen LogP contribution is -2.48. The van der Waals surface area contributed by atoms with Crippen LogP contribution in [0.2, 0.25) is 0 Å². The van der Waals surface area contributed by atoms with Gasteiger partial charge >= 0.3 is 0 Å². The van der Waals surface area contributed by atoms with Crippen LogP contribution in [-0.2, 0) is 4.79 Å². The number of rotatable bonds is 5. The van der Waals surface area contributed by atoms with Crippen LogP contribution in [0.1, 0.15) is 32.1 Å². The molecule has 2 aliphatic rings. The molecule has 2 saturated carbocycles. The Morgan fingerprint density at radius 3 is 2.19 bits per heavy atom. The molecule has 1 aromatic carbocycles. The number of anilines is 1. The minimum absolute atomic E-state index is 0. The Morgan fingerprint density at radius 1 is 1.04 bits per heavy atom. The van der Waals surface area contributed by atoms with Crippen molar-refractivity contribution in [2.75, 3.05) is 26.6 Å². The molecule has 2 fully saturated rings. The summed E-state index contributed by atoms with van der Waals surface area (Å²) in [5.41, 5.74) is 6.93. The summed E-state index contributed by atoms with van der Waals surface area (Å²) in [5.74, 6) is 2.50. The third-order valence-electron chi connectivity index (χ3n) is 5.75. The van der Waals surface area contributed by atoms with E-state index in [-0.39, 0.29) is 30.3 Å². The second-order valence-electron chi connectivity index (χ2n) is 7.07. The quantitative estimate of drug-likeness (QED) is 0.814. The van der Waals surface area contributed by atoms with Gasteiger partial charge in [-0.25, -0.2) is 0 Å². The smallest absolute Gasteiger partial charge is 0.227 e. The van der Waals surface area contributed by atoms with Crippen LogP contribution in [0.25, 0.3) is 0 Å². The van der Waals surface area contributed by atoms with Crippen LogP contribution in [0.4, 0.5) is 5.69 Å². The summed E-state index contributed by atoms with van der Waals surface area (Å²) in [7, 11) is 4.67. The second-order valence-corrected chi connectivity index (χ2v) is 7.07. The van der Waals surface area contributed by atoms with Crippen LogP contribution in [0, 0.1) is 17.8 Å². The van der Waals surface area contributed by atoms with Crippen molar-refractivity contribution in [3.63, 3.8) is 0 Å². The van der Waals surface area contributed by atoms with Gasteiger partial charge in [-0.15, -0.1) is 12.4 Å². The fourth-order valence-electron chi connectivity index (χ4n) is 4.44.